The van der Waals surface area contributed by atoms with E-state index >= 15 is 0 Å². The van der Waals surface area contributed by atoms with Gasteiger partial charge in [-0.1, -0.05) is 88.4 Å². The highest BCUT2D eigenvalue weighted by molar-refractivity contribution is 5.98. The van der Waals surface area contributed by atoms with E-state index in [-0.39, 0.29) is 12.1 Å². The summed E-state index contributed by atoms with van der Waals surface area (Å²) >= 11 is 0. The molecular formula is C23H30N2O2. The van der Waals surface area contributed by atoms with Crippen LogP contribution in [0.4, 0.5) is 0 Å². The van der Waals surface area contributed by atoms with E-state index in [0.717, 1.165) is 0 Å². The molecule has 0 amide bonds. The molecule has 2 aliphatic rings. The highest BCUT2D eigenvalue weighted by Gasteiger charge is 2.26. The van der Waals surface area contributed by atoms with Crippen molar-refractivity contribution < 1.29 is 9.47 Å². The average molecular weight is 367 g/mol. The molecule has 2 heterocycles. The summed E-state index contributed by atoms with van der Waals surface area (Å²) in [5.41, 5.74) is 2.36. The van der Waals surface area contributed by atoms with Gasteiger partial charge in [0, 0.05) is 0 Å². The SMILES string of the molecule is CC.CC.c1ccc([C@H]2COC(CC3=N[C@@H](c4ccccc4)CO3)=N2)cc1. The maximum absolute atomic E-state index is 5.71. The predicted octanol–water partition coefficient (Wildman–Crippen LogP) is 5.77. The second-order valence-electron chi connectivity index (χ2n) is 5.70. The molecule has 2 atom stereocenters. The molecule has 0 saturated heterocycles. The second-order valence-corrected chi connectivity index (χ2v) is 5.70. The van der Waals surface area contributed by atoms with Gasteiger partial charge in [0.1, 0.15) is 25.3 Å². The van der Waals surface area contributed by atoms with E-state index in [0.29, 0.717) is 31.4 Å². The van der Waals surface area contributed by atoms with Crippen LogP contribution < -0.4 is 0 Å². The molecule has 0 spiro atoms. The molecule has 0 fully saturated rings. The first kappa shape index (κ1) is 20.7. The average Bonchev–Trinajstić information content (AvgIpc) is 3.43. The molecule has 0 bridgehead atoms. The Bertz CT molecular complexity index is 663. The Labute approximate surface area is 163 Å². The Hall–Kier alpha value is -2.62. The summed E-state index contributed by atoms with van der Waals surface area (Å²) in [5, 5.41) is 0. The fourth-order valence-corrected chi connectivity index (χ4v) is 2.86. The quantitative estimate of drug-likeness (QED) is 0.689. The molecule has 0 unspecified atom stereocenters. The van der Waals surface area contributed by atoms with Gasteiger partial charge in [-0.25, -0.2) is 9.98 Å². The molecule has 4 heteroatoms. The second kappa shape index (κ2) is 11.2. The highest BCUT2D eigenvalue weighted by Crippen LogP contribution is 2.26. The molecule has 0 N–H and O–H groups in total. The largest absolute Gasteiger partial charge is 0.478 e. The number of hydrogen-bond acceptors (Lipinski definition) is 4. The van der Waals surface area contributed by atoms with Crippen LogP contribution in [0.1, 0.15) is 57.3 Å². The lowest BCUT2D eigenvalue weighted by Gasteiger charge is -2.03. The highest BCUT2D eigenvalue weighted by atomic mass is 16.5. The molecule has 2 aromatic carbocycles. The molecule has 144 valence electrons. The van der Waals surface area contributed by atoms with Crippen molar-refractivity contribution >= 4 is 11.8 Å². The zero-order valence-corrected chi connectivity index (χ0v) is 16.8. The van der Waals surface area contributed by atoms with Crippen LogP contribution in [0.25, 0.3) is 0 Å². The van der Waals surface area contributed by atoms with Crippen molar-refractivity contribution in [2.45, 2.75) is 46.2 Å². The van der Waals surface area contributed by atoms with Crippen LogP contribution in [0.2, 0.25) is 0 Å². The van der Waals surface area contributed by atoms with Gasteiger partial charge in [0.15, 0.2) is 11.8 Å². The standard InChI is InChI=1S/C19H18N2O2.2C2H6/c1-3-7-14(8-4-1)16-12-22-18(20-16)11-19-21-17(13-23-19)15-9-5-2-6-10-15;2*1-2/h1-10,16-17H,11-13H2;2*1-2H3/t16-,17-;;/m1../s1. The van der Waals surface area contributed by atoms with Crippen molar-refractivity contribution in [1.82, 2.24) is 0 Å². The van der Waals surface area contributed by atoms with E-state index in [4.69, 9.17) is 9.47 Å². The van der Waals surface area contributed by atoms with Crippen LogP contribution in [0.3, 0.4) is 0 Å². The van der Waals surface area contributed by atoms with Crippen LogP contribution in [-0.4, -0.2) is 25.0 Å². The molecule has 27 heavy (non-hydrogen) atoms. The van der Waals surface area contributed by atoms with Gasteiger partial charge in [0.25, 0.3) is 0 Å². The Morgan fingerprint density at radius 1 is 0.667 bits per heavy atom. The van der Waals surface area contributed by atoms with Crippen molar-refractivity contribution in [3.8, 4) is 0 Å². The van der Waals surface area contributed by atoms with Crippen LogP contribution in [0, 0.1) is 0 Å². The molecule has 0 aromatic heterocycles. The summed E-state index contributed by atoms with van der Waals surface area (Å²) in [5.74, 6) is 1.43. The van der Waals surface area contributed by atoms with Gasteiger partial charge in [-0.05, 0) is 11.1 Å². The van der Waals surface area contributed by atoms with Crippen molar-refractivity contribution in [3.63, 3.8) is 0 Å². The Kier molecular flexibility index (Phi) is 8.56. The van der Waals surface area contributed by atoms with E-state index in [1.54, 1.807) is 0 Å². The molecule has 0 saturated carbocycles. The van der Waals surface area contributed by atoms with Crippen molar-refractivity contribution in [2.75, 3.05) is 13.2 Å². The first-order valence-corrected chi connectivity index (χ1v) is 9.87. The summed E-state index contributed by atoms with van der Waals surface area (Å²) in [6.45, 7) is 9.18. The first-order valence-electron chi connectivity index (χ1n) is 9.87. The monoisotopic (exact) mass is 366 g/mol. The van der Waals surface area contributed by atoms with Crippen molar-refractivity contribution in [3.05, 3.63) is 71.8 Å². The third-order valence-corrected chi connectivity index (χ3v) is 4.09. The maximum Gasteiger partial charge on any atom is 0.193 e. The lowest BCUT2D eigenvalue weighted by Crippen LogP contribution is -2.08. The molecule has 4 rings (SSSR count). The van der Waals surface area contributed by atoms with Gasteiger partial charge in [0.05, 0.1) is 6.42 Å². The Morgan fingerprint density at radius 2 is 1.04 bits per heavy atom. The molecule has 2 aliphatic heterocycles. The van der Waals surface area contributed by atoms with Crippen molar-refractivity contribution in [2.24, 2.45) is 9.98 Å². The zero-order valence-electron chi connectivity index (χ0n) is 16.8. The first-order chi connectivity index (χ1) is 13.4. The number of rotatable bonds is 4. The van der Waals surface area contributed by atoms with Crippen molar-refractivity contribution in [1.29, 1.82) is 0 Å². The summed E-state index contributed by atoms with van der Waals surface area (Å²) in [6, 6.07) is 20.6. The lowest BCUT2D eigenvalue weighted by atomic mass is 10.1. The summed E-state index contributed by atoms with van der Waals surface area (Å²) in [6.07, 6.45) is 0.534. The van der Waals surface area contributed by atoms with E-state index in [2.05, 4.69) is 34.3 Å². The third-order valence-electron chi connectivity index (χ3n) is 4.09. The molecule has 2 aromatic rings. The summed E-state index contributed by atoms with van der Waals surface area (Å²) in [7, 11) is 0. The van der Waals surface area contributed by atoms with E-state index in [9.17, 15) is 0 Å². The number of ether oxygens (including phenoxy) is 2. The van der Waals surface area contributed by atoms with E-state index < -0.39 is 0 Å². The minimum Gasteiger partial charge on any atom is -0.478 e. The number of nitrogens with zero attached hydrogens (tertiary/aromatic N) is 2. The van der Waals surface area contributed by atoms with Gasteiger partial charge in [0.2, 0.25) is 0 Å². The zero-order chi connectivity index (χ0) is 19.5. The summed E-state index contributed by atoms with van der Waals surface area (Å²) < 4.78 is 11.4. The smallest absolute Gasteiger partial charge is 0.193 e. The normalized spacial score (nSPS) is 20.0. The molecule has 0 aliphatic carbocycles. The Balaban J connectivity index is 0.000000614. The maximum atomic E-state index is 5.71. The number of aliphatic imine (C=N–C) groups is 2. The van der Waals surface area contributed by atoms with E-state index in [1.165, 1.54) is 11.1 Å². The predicted molar refractivity (Wildman–Crippen MR) is 112 cm³/mol. The van der Waals surface area contributed by atoms with Gasteiger partial charge in [-0.3, -0.25) is 0 Å². The lowest BCUT2D eigenvalue weighted by molar-refractivity contribution is 0.300. The third kappa shape index (κ3) is 5.68. The number of benzene rings is 2. The van der Waals surface area contributed by atoms with Crippen LogP contribution in [-0.2, 0) is 9.47 Å². The number of hydrogen-bond donors (Lipinski definition) is 0. The fraction of sp³-hybridized carbons (Fsp3) is 0.391. The summed E-state index contributed by atoms with van der Waals surface area (Å²) in [4.78, 5) is 9.31. The fourth-order valence-electron chi connectivity index (χ4n) is 2.86. The minimum absolute atomic E-state index is 0.0816. The van der Waals surface area contributed by atoms with Gasteiger partial charge in [-0.2, -0.15) is 0 Å². The van der Waals surface area contributed by atoms with Gasteiger partial charge < -0.3 is 9.47 Å². The van der Waals surface area contributed by atoms with Gasteiger partial charge >= 0.3 is 0 Å². The molecular weight excluding hydrogens is 336 g/mol. The van der Waals surface area contributed by atoms with E-state index in [1.807, 2.05) is 64.1 Å². The topological polar surface area (TPSA) is 43.2 Å². The minimum atomic E-state index is 0.0816. The van der Waals surface area contributed by atoms with Crippen LogP contribution >= 0.6 is 0 Å². The van der Waals surface area contributed by atoms with Crippen LogP contribution in [0.5, 0.6) is 0 Å². The van der Waals surface area contributed by atoms with Gasteiger partial charge in [-0.15, -0.1) is 0 Å². The Morgan fingerprint density at radius 3 is 1.41 bits per heavy atom. The molecule has 4 nitrogen and oxygen atoms in total. The molecule has 0 radical (unpaired) electrons. The van der Waals surface area contributed by atoms with Crippen LogP contribution in [0.15, 0.2) is 70.6 Å².